The van der Waals surface area contributed by atoms with Crippen molar-refractivity contribution >= 4 is 15.9 Å². The molecule has 1 aromatic rings. The molecule has 0 fully saturated rings. The molecule has 2 nitrogen and oxygen atoms in total. The first-order chi connectivity index (χ1) is 7.60. The molecule has 0 aromatic heterocycles. The number of hydrogen-bond donors (Lipinski definition) is 1. The van der Waals surface area contributed by atoms with Crippen LogP contribution in [0.5, 0.6) is 0 Å². The highest BCUT2D eigenvalue weighted by Gasteiger charge is 2.19. The minimum atomic E-state index is 0.318. The highest BCUT2D eigenvalue weighted by Crippen LogP contribution is 2.23. The maximum atomic E-state index is 5.90. The summed E-state index contributed by atoms with van der Waals surface area (Å²) in [6.45, 7) is 8.29. The van der Waals surface area contributed by atoms with Crippen LogP contribution in [0.25, 0.3) is 0 Å². The van der Waals surface area contributed by atoms with Gasteiger partial charge in [-0.3, -0.25) is 4.90 Å². The lowest BCUT2D eigenvalue weighted by Gasteiger charge is -2.33. The number of halogens is 1. The van der Waals surface area contributed by atoms with E-state index in [1.807, 2.05) is 0 Å². The van der Waals surface area contributed by atoms with Crippen molar-refractivity contribution in [3.05, 3.63) is 34.3 Å². The summed E-state index contributed by atoms with van der Waals surface area (Å²) in [6, 6.07) is 9.28. The van der Waals surface area contributed by atoms with E-state index < -0.39 is 0 Å². The van der Waals surface area contributed by atoms with E-state index in [9.17, 15) is 0 Å². The van der Waals surface area contributed by atoms with E-state index >= 15 is 0 Å². The van der Waals surface area contributed by atoms with Gasteiger partial charge in [-0.2, -0.15) is 0 Å². The van der Waals surface area contributed by atoms with E-state index in [2.05, 4.69) is 65.9 Å². The monoisotopic (exact) mass is 284 g/mol. The average Bonchev–Trinajstić information content (AvgIpc) is 2.26. The van der Waals surface area contributed by atoms with E-state index in [4.69, 9.17) is 5.73 Å². The van der Waals surface area contributed by atoms with Crippen LogP contribution >= 0.6 is 15.9 Å². The van der Waals surface area contributed by atoms with Crippen molar-refractivity contribution < 1.29 is 0 Å². The Morgan fingerprint density at radius 1 is 1.25 bits per heavy atom. The summed E-state index contributed by atoms with van der Waals surface area (Å²) in [5, 5.41) is 0. The normalized spacial score (nSPS) is 13.4. The lowest BCUT2D eigenvalue weighted by molar-refractivity contribution is 0.166. The SMILES string of the molecule is CCN(C(C)C)C(CN)c1ccc(Br)cc1. The fourth-order valence-corrected chi connectivity index (χ4v) is 2.36. The quantitative estimate of drug-likeness (QED) is 0.900. The van der Waals surface area contributed by atoms with Gasteiger partial charge < -0.3 is 5.73 Å². The zero-order chi connectivity index (χ0) is 12.1. The number of rotatable bonds is 5. The van der Waals surface area contributed by atoms with Crippen molar-refractivity contribution in [3.63, 3.8) is 0 Å². The number of likely N-dealkylation sites (N-methyl/N-ethyl adjacent to an activating group) is 1. The van der Waals surface area contributed by atoms with Gasteiger partial charge in [-0.1, -0.05) is 35.0 Å². The number of benzene rings is 1. The summed E-state index contributed by atoms with van der Waals surface area (Å²) in [4.78, 5) is 2.42. The van der Waals surface area contributed by atoms with Crippen molar-refractivity contribution in [3.8, 4) is 0 Å². The number of nitrogens with zero attached hydrogens (tertiary/aromatic N) is 1. The van der Waals surface area contributed by atoms with Crippen LogP contribution in [0.1, 0.15) is 32.4 Å². The predicted octanol–water partition coefficient (Wildman–Crippen LogP) is 3.18. The van der Waals surface area contributed by atoms with Crippen LogP contribution in [-0.4, -0.2) is 24.0 Å². The molecular weight excluding hydrogens is 264 g/mol. The van der Waals surface area contributed by atoms with Gasteiger partial charge in [0.2, 0.25) is 0 Å². The molecule has 90 valence electrons. The fourth-order valence-electron chi connectivity index (χ4n) is 2.09. The molecule has 0 radical (unpaired) electrons. The summed E-state index contributed by atoms with van der Waals surface area (Å²) in [6.07, 6.45) is 0. The standard InChI is InChI=1S/C13H21BrN2/c1-4-16(10(2)3)13(9-15)11-5-7-12(14)8-6-11/h5-8,10,13H,4,9,15H2,1-3H3. The molecule has 0 aliphatic rings. The van der Waals surface area contributed by atoms with Gasteiger partial charge >= 0.3 is 0 Å². The van der Waals surface area contributed by atoms with Crippen LogP contribution in [-0.2, 0) is 0 Å². The summed E-state index contributed by atoms with van der Waals surface area (Å²) < 4.78 is 1.11. The van der Waals surface area contributed by atoms with E-state index in [0.29, 0.717) is 18.6 Å². The van der Waals surface area contributed by atoms with Gasteiger partial charge in [-0.25, -0.2) is 0 Å². The Kier molecular flexibility index (Phi) is 5.46. The van der Waals surface area contributed by atoms with Crippen LogP contribution in [0.4, 0.5) is 0 Å². The van der Waals surface area contributed by atoms with Crippen molar-refractivity contribution in [1.29, 1.82) is 0 Å². The van der Waals surface area contributed by atoms with Crippen LogP contribution in [0.2, 0.25) is 0 Å². The Morgan fingerprint density at radius 2 is 1.81 bits per heavy atom. The maximum Gasteiger partial charge on any atom is 0.0473 e. The van der Waals surface area contributed by atoms with Crippen molar-refractivity contribution in [1.82, 2.24) is 4.90 Å². The second-order valence-corrected chi connectivity index (χ2v) is 5.14. The molecule has 0 saturated heterocycles. The molecule has 1 unspecified atom stereocenters. The second kappa shape index (κ2) is 6.38. The minimum Gasteiger partial charge on any atom is -0.329 e. The zero-order valence-corrected chi connectivity index (χ0v) is 11.9. The smallest absolute Gasteiger partial charge is 0.0473 e. The molecule has 2 N–H and O–H groups in total. The van der Waals surface area contributed by atoms with Crippen LogP contribution in [0.3, 0.4) is 0 Å². The highest BCUT2D eigenvalue weighted by molar-refractivity contribution is 9.10. The third-order valence-electron chi connectivity index (χ3n) is 2.91. The molecule has 0 spiro atoms. The fraction of sp³-hybridized carbons (Fsp3) is 0.538. The molecule has 0 aliphatic carbocycles. The van der Waals surface area contributed by atoms with E-state index in [1.54, 1.807) is 0 Å². The van der Waals surface area contributed by atoms with Gasteiger partial charge in [0.15, 0.2) is 0 Å². The lowest BCUT2D eigenvalue weighted by Crippen LogP contribution is -2.38. The van der Waals surface area contributed by atoms with Crippen LogP contribution in [0, 0.1) is 0 Å². The largest absolute Gasteiger partial charge is 0.329 e. The molecule has 16 heavy (non-hydrogen) atoms. The summed E-state index contributed by atoms with van der Waals surface area (Å²) in [5.41, 5.74) is 7.20. The molecule has 0 heterocycles. The van der Waals surface area contributed by atoms with E-state index in [0.717, 1.165) is 11.0 Å². The first-order valence-corrected chi connectivity index (χ1v) is 6.60. The molecule has 1 rings (SSSR count). The number of hydrogen-bond acceptors (Lipinski definition) is 2. The molecule has 1 atom stereocenters. The summed E-state index contributed by atoms with van der Waals surface area (Å²) in [5.74, 6) is 0. The van der Waals surface area contributed by atoms with E-state index in [1.165, 1.54) is 5.56 Å². The average molecular weight is 285 g/mol. The zero-order valence-electron chi connectivity index (χ0n) is 10.3. The highest BCUT2D eigenvalue weighted by atomic mass is 79.9. The lowest BCUT2D eigenvalue weighted by atomic mass is 10.0. The van der Waals surface area contributed by atoms with Gasteiger partial charge in [0.05, 0.1) is 0 Å². The predicted molar refractivity (Wildman–Crippen MR) is 73.5 cm³/mol. The Balaban J connectivity index is 2.92. The Hall–Kier alpha value is -0.380. The molecule has 0 aliphatic heterocycles. The van der Waals surface area contributed by atoms with Gasteiger partial charge in [0.1, 0.15) is 0 Å². The van der Waals surface area contributed by atoms with Crippen molar-refractivity contribution in [2.45, 2.75) is 32.9 Å². The van der Waals surface area contributed by atoms with Gasteiger partial charge in [0.25, 0.3) is 0 Å². The third kappa shape index (κ3) is 3.30. The Bertz CT molecular complexity index is 308. The first-order valence-electron chi connectivity index (χ1n) is 5.81. The van der Waals surface area contributed by atoms with Crippen molar-refractivity contribution in [2.24, 2.45) is 5.73 Å². The van der Waals surface area contributed by atoms with Gasteiger partial charge in [-0.15, -0.1) is 0 Å². The Morgan fingerprint density at radius 3 is 2.19 bits per heavy atom. The summed E-state index contributed by atoms with van der Waals surface area (Å²) in [7, 11) is 0. The maximum absolute atomic E-state index is 5.90. The molecule has 0 bridgehead atoms. The molecule has 1 aromatic carbocycles. The summed E-state index contributed by atoms with van der Waals surface area (Å²) >= 11 is 3.45. The molecule has 3 heteroatoms. The first kappa shape index (κ1) is 13.7. The van der Waals surface area contributed by atoms with Crippen molar-refractivity contribution in [2.75, 3.05) is 13.1 Å². The number of nitrogens with two attached hydrogens (primary N) is 1. The Labute approximate surface area is 107 Å². The minimum absolute atomic E-state index is 0.318. The molecule has 0 saturated carbocycles. The molecule has 0 amide bonds. The third-order valence-corrected chi connectivity index (χ3v) is 3.44. The van der Waals surface area contributed by atoms with E-state index in [-0.39, 0.29) is 0 Å². The second-order valence-electron chi connectivity index (χ2n) is 4.23. The van der Waals surface area contributed by atoms with Gasteiger partial charge in [0, 0.05) is 23.1 Å². The topological polar surface area (TPSA) is 29.3 Å². The van der Waals surface area contributed by atoms with Crippen LogP contribution in [0.15, 0.2) is 28.7 Å². The van der Waals surface area contributed by atoms with Crippen LogP contribution < -0.4 is 5.73 Å². The molecular formula is C13H21BrN2. The van der Waals surface area contributed by atoms with Gasteiger partial charge in [-0.05, 0) is 38.1 Å².